The predicted octanol–water partition coefficient (Wildman–Crippen LogP) is 1.52. The summed E-state index contributed by atoms with van der Waals surface area (Å²) >= 11 is 0. The van der Waals surface area contributed by atoms with E-state index in [0.29, 0.717) is 17.2 Å². The number of carbonyl (C=O) groups is 1. The molecule has 0 bridgehead atoms. The lowest BCUT2D eigenvalue weighted by Gasteiger charge is -2.04. The average molecular weight is 305 g/mol. The second-order valence-corrected chi connectivity index (χ2v) is 4.95. The van der Waals surface area contributed by atoms with Crippen molar-refractivity contribution in [1.29, 1.82) is 0 Å². The van der Waals surface area contributed by atoms with E-state index in [1.165, 1.54) is 0 Å². The van der Waals surface area contributed by atoms with Crippen LogP contribution in [0.3, 0.4) is 0 Å². The van der Waals surface area contributed by atoms with Gasteiger partial charge in [-0.3, -0.25) is 4.79 Å². The first kappa shape index (κ1) is 14.2. The standard InChI is InChI=1S/C14H15N3O5/c1-8(2)15-13(18)14-16-12(17-22-14)6-19-9-3-4-10-11(5-9)21-7-20-10/h3-5,8H,6-7H2,1-2H3,(H,15,18). The lowest BCUT2D eigenvalue weighted by Crippen LogP contribution is -2.30. The Balaban J connectivity index is 1.60. The van der Waals surface area contributed by atoms with E-state index in [9.17, 15) is 4.79 Å². The zero-order chi connectivity index (χ0) is 15.5. The van der Waals surface area contributed by atoms with Crippen LogP contribution in [0.5, 0.6) is 17.2 Å². The Kier molecular flexibility index (Phi) is 3.82. The van der Waals surface area contributed by atoms with Gasteiger partial charge >= 0.3 is 11.8 Å². The molecule has 22 heavy (non-hydrogen) atoms. The molecule has 1 aliphatic heterocycles. The van der Waals surface area contributed by atoms with E-state index >= 15 is 0 Å². The Labute approximate surface area is 126 Å². The summed E-state index contributed by atoms with van der Waals surface area (Å²) in [5.41, 5.74) is 0. The first-order valence-corrected chi connectivity index (χ1v) is 6.78. The monoisotopic (exact) mass is 305 g/mol. The molecule has 0 spiro atoms. The van der Waals surface area contributed by atoms with Crippen molar-refractivity contribution in [3.05, 3.63) is 29.9 Å². The Morgan fingerprint density at radius 2 is 2.18 bits per heavy atom. The number of fused-ring (bicyclic) bond motifs is 1. The molecule has 1 aromatic carbocycles. The third-order valence-electron chi connectivity index (χ3n) is 2.79. The lowest BCUT2D eigenvalue weighted by molar-refractivity contribution is 0.0899. The fourth-order valence-electron chi connectivity index (χ4n) is 1.84. The van der Waals surface area contributed by atoms with Crippen molar-refractivity contribution < 1.29 is 23.5 Å². The molecule has 0 saturated heterocycles. The zero-order valence-electron chi connectivity index (χ0n) is 12.2. The number of amides is 1. The van der Waals surface area contributed by atoms with E-state index < -0.39 is 5.91 Å². The summed E-state index contributed by atoms with van der Waals surface area (Å²) in [6.07, 6.45) is 0. The van der Waals surface area contributed by atoms with Gasteiger partial charge in [0.2, 0.25) is 12.6 Å². The molecular formula is C14H15N3O5. The van der Waals surface area contributed by atoms with Crippen LogP contribution in [0.2, 0.25) is 0 Å². The normalized spacial score (nSPS) is 12.5. The number of hydrogen-bond acceptors (Lipinski definition) is 7. The molecule has 8 heteroatoms. The van der Waals surface area contributed by atoms with Crippen LogP contribution < -0.4 is 19.5 Å². The van der Waals surface area contributed by atoms with E-state index in [2.05, 4.69) is 15.5 Å². The number of nitrogens with one attached hydrogen (secondary N) is 1. The van der Waals surface area contributed by atoms with Crippen LogP contribution in [0.25, 0.3) is 0 Å². The Hall–Kier alpha value is -2.77. The van der Waals surface area contributed by atoms with Gasteiger partial charge in [0.1, 0.15) is 5.75 Å². The molecule has 0 radical (unpaired) electrons. The molecular weight excluding hydrogens is 290 g/mol. The maximum Gasteiger partial charge on any atom is 0.316 e. The van der Waals surface area contributed by atoms with E-state index in [-0.39, 0.29) is 31.2 Å². The van der Waals surface area contributed by atoms with Crippen molar-refractivity contribution in [2.45, 2.75) is 26.5 Å². The first-order chi connectivity index (χ1) is 10.6. The summed E-state index contributed by atoms with van der Waals surface area (Å²) in [5, 5.41) is 6.37. The smallest absolute Gasteiger partial charge is 0.316 e. The SMILES string of the molecule is CC(C)NC(=O)c1nc(COc2ccc3c(c2)OCO3)no1. The molecule has 0 unspecified atom stereocenters. The van der Waals surface area contributed by atoms with E-state index in [4.69, 9.17) is 18.7 Å². The Morgan fingerprint density at radius 3 is 3.00 bits per heavy atom. The van der Waals surface area contributed by atoms with Gasteiger partial charge in [0.05, 0.1) is 0 Å². The van der Waals surface area contributed by atoms with Gasteiger partial charge in [0.25, 0.3) is 0 Å². The van der Waals surface area contributed by atoms with Gasteiger partial charge in [-0.15, -0.1) is 0 Å². The topological polar surface area (TPSA) is 95.7 Å². The van der Waals surface area contributed by atoms with E-state index in [0.717, 1.165) is 0 Å². The second-order valence-electron chi connectivity index (χ2n) is 4.95. The zero-order valence-corrected chi connectivity index (χ0v) is 12.2. The number of aromatic nitrogens is 2. The molecule has 2 heterocycles. The molecule has 0 aliphatic carbocycles. The Morgan fingerprint density at radius 1 is 1.36 bits per heavy atom. The van der Waals surface area contributed by atoms with Crippen molar-refractivity contribution in [3.63, 3.8) is 0 Å². The number of rotatable bonds is 5. The minimum Gasteiger partial charge on any atom is -0.485 e. The van der Waals surface area contributed by atoms with Crippen LogP contribution in [-0.2, 0) is 6.61 Å². The molecule has 0 saturated carbocycles. The molecule has 2 aromatic rings. The predicted molar refractivity (Wildman–Crippen MR) is 73.8 cm³/mol. The van der Waals surface area contributed by atoms with Crippen LogP contribution in [0.1, 0.15) is 30.4 Å². The van der Waals surface area contributed by atoms with Crippen LogP contribution >= 0.6 is 0 Å². The van der Waals surface area contributed by atoms with Gasteiger partial charge in [-0.05, 0) is 26.0 Å². The van der Waals surface area contributed by atoms with Crippen LogP contribution in [-0.4, -0.2) is 28.9 Å². The van der Waals surface area contributed by atoms with Crippen molar-refractivity contribution in [2.24, 2.45) is 0 Å². The molecule has 0 fully saturated rings. The first-order valence-electron chi connectivity index (χ1n) is 6.78. The third kappa shape index (κ3) is 3.11. The summed E-state index contributed by atoms with van der Waals surface area (Å²) < 4.78 is 20.9. The van der Waals surface area contributed by atoms with Crippen LogP contribution in [0.4, 0.5) is 0 Å². The summed E-state index contributed by atoms with van der Waals surface area (Å²) in [5.74, 6) is 1.69. The second kappa shape index (κ2) is 5.92. The lowest BCUT2D eigenvalue weighted by atomic mass is 10.3. The summed E-state index contributed by atoms with van der Waals surface area (Å²) in [4.78, 5) is 15.7. The van der Waals surface area contributed by atoms with Gasteiger partial charge in [-0.2, -0.15) is 4.98 Å². The molecule has 1 aliphatic rings. The molecule has 1 N–H and O–H groups in total. The molecule has 0 atom stereocenters. The van der Waals surface area contributed by atoms with Gasteiger partial charge < -0.3 is 24.1 Å². The highest BCUT2D eigenvalue weighted by Gasteiger charge is 2.17. The molecule has 3 rings (SSSR count). The maximum atomic E-state index is 11.7. The fourth-order valence-corrected chi connectivity index (χ4v) is 1.84. The highest BCUT2D eigenvalue weighted by Crippen LogP contribution is 2.35. The average Bonchev–Trinajstić information content (AvgIpc) is 3.13. The highest BCUT2D eigenvalue weighted by atomic mass is 16.7. The highest BCUT2D eigenvalue weighted by molar-refractivity contribution is 5.89. The summed E-state index contributed by atoms with van der Waals surface area (Å²) in [7, 11) is 0. The fraction of sp³-hybridized carbons (Fsp3) is 0.357. The van der Waals surface area contributed by atoms with Crippen molar-refractivity contribution in [1.82, 2.24) is 15.5 Å². The molecule has 1 amide bonds. The maximum absolute atomic E-state index is 11.7. The van der Waals surface area contributed by atoms with Crippen LogP contribution in [0, 0.1) is 0 Å². The number of hydrogen-bond donors (Lipinski definition) is 1. The van der Waals surface area contributed by atoms with E-state index in [1.807, 2.05) is 13.8 Å². The molecule has 116 valence electrons. The Bertz CT molecular complexity index is 683. The largest absolute Gasteiger partial charge is 0.485 e. The third-order valence-corrected chi connectivity index (χ3v) is 2.79. The number of nitrogens with zero attached hydrogens (tertiary/aromatic N) is 2. The minimum atomic E-state index is -0.406. The number of carbonyl (C=O) groups excluding carboxylic acids is 1. The van der Waals surface area contributed by atoms with Crippen molar-refractivity contribution in [2.75, 3.05) is 6.79 Å². The molecule has 8 nitrogen and oxygen atoms in total. The van der Waals surface area contributed by atoms with Gasteiger partial charge in [-0.1, -0.05) is 5.16 Å². The van der Waals surface area contributed by atoms with Crippen molar-refractivity contribution >= 4 is 5.91 Å². The number of benzene rings is 1. The van der Waals surface area contributed by atoms with Gasteiger partial charge in [-0.25, -0.2) is 0 Å². The number of ether oxygens (including phenoxy) is 3. The van der Waals surface area contributed by atoms with Crippen molar-refractivity contribution in [3.8, 4) is 17.2 Å². The van der Waals surface area contributed by atoms with Gasteiger partial charge in [0, 0.05) is 12.1 Å². The van der Waals surface area contributed by atoms with Gasteiger partial charge in [0.15, 0.2) is 18.1 Å². The van der Waals surface area contributed by atoms with Crippen LogP contribution in [0.15, 0.2) is 22.7 Å². The molecule has 1 aromatic heterocycles. The van der Waals surface area contributed by atoms with E-state index in [1.54, 1.807) is 18.2 Å². The minimum absolute atomic E-state index is 0.00673. The quantitative estimate of drug-likeness (QED) is 0.894. The summed E-state index contributed by atoms with van der Waals surface area (Å²) in [6, 6.07) is 5.22. The summed E-state index contributed by atoms with van der Waals surface area (Å²) in [6.45, 7) is 3.98.